The number of carbonyl (C=O) groups is 2. The molecule has 1 fully saturated rings. The average molecular weight is 321 g/mol. The van der Waals surface area contributed by atoms with Gasteiger partial charge < -0.3 is 10.0 Å². The van der Waals surface area contributed by atoms with Crippen molar-refractivity contribution in [2.24, 2.45) is 22.9 Å². The fourth-order valence-electron chi connectivity index (χ4n) is 2.38. The van der Waals surface area contributed by atoms with Crippen LogP contribution >= 0.6 is 0 Å². The Balaban J connectivity index is 2.59. The van der Waals surface area contributed by atoms with E-state index in [4.69, 9.17) is 10.2 Å². The zero-order chi connectivity index (χ0) is 16.2. The average Bonchev–Trinajstić information content (AvgIpc) is 2.42. The van der Waals surface area contributed by atoms with Crippen molar-refractivity contribution in [3.05, 3.63) is 0 Å². The Kier molecular flexibility index (Phi) is 6.11. The van der Waals surface area contributed by atoms with Crippen LogP contribution in [0.2, 0.25) is 0 Å². The summed E-state index contributed by atoms with van der Waals surface area (Å²) in [6, 6.07) is 0. The Morgan fingerprint density at radius 3 is 2.52 bits per heavy atom. The highest BCUT2D eigenvalue weighted by molar-refractivity contribution is 7.87. The van der Waals surface area contributed by atoms with Gasteiger partial charge in [-0.3, -0.25) is 9.59 Å². The quantitative estimate of drug-likeness (QED) is 0.600. The lowest BCUT2D eigenvalue weighted by atomic mass is 9.92. The normalized spacial score (nSPS) is 22.6. The molecule has 1 aliphatic rings. The highest BCUT2D eigenvalue weighted by Crippen LogP contribution is 2.21. The van der Waals surface area contributed by atoms with Crippen molar-refractivity contribution in [2.45, 2.75) is 26.7 Å². The predicted octanol–water partition coefficient (Wildman–Crippen LogP) is -0.625. The van der Waals surface area contributed by atoms with E-state index in [0.29, 0.717) is 13.1 Å². The van der Waals surface area contributed by atoms with E-state index in [2.05, 4.69) is 4.72 Å². The van der Waals surface area contributed by atoms with Crippen molar-refractivity contribution in [1.82, 2.24) is 9.62 Å². The molecule has 1 heterocycles. The summed E-state index contributed by atoms with van der Waals surface area (Å²) in [4.78, 5) is 24.8. The van der Waals surface area contributed by atoms with Crippen LogP contribution in [0.4, 0.5) is 0 Å². The highest BCUT2D eigenvalue weighted by atomic mass is 32.2. The second kappa shape index (κ2) is 7.19. The second-order valence-corrected chi connectivity index (χ2v) is 6.98. The van der Waals surface area contributed by atoms with Gasteiger partial charge in [-0.05, 0) is 18.8 Å². The minimum atomic E-state index is -3.73. The SMILES string of the molecule is CC(C(=O)O)C(C)C(=O)N1CCCC(CNS(N)(=O)=O)C1. The van der Waals surface area contributed by atoms with Crippen LogP contribution in [0, 0.1) is 17.8 Å². The molecule has 0 saturated carbocycles. The Hall–Kier alpha value is -1.19. The number of hydrogen-bond acceptors (Lipinski definition) is 4. The molecule has 0 bridgehead atoms. The first kappa shape index (κ1) is 17.9. The molecule has 122 valence electrons. The molecule has 1 rings (SSSR count). The minimum absolute atomic E-state index is 0.00615. The van der Waals surface area contributed by atoms with Crippen LogP contribution in [0.1, 0.15) is 26.7 Å². The van der Waals surface area contributed by atoms with Crippen molar-refractivity contribution in [1.29, 1.82) is 0 Å². The van der Waals surface area contributed by atoms with Crippen molar-refractivity contribution >= 4 is 22.1 Å². The molecule has 1 amide bonds. The number of aliphatic carboxylic acids is 1. The molecule has 4 N–H and O–H groups in total. The van der Waals surface area contributed by atoms with Crippen LogP contribution in [0.15, 0.2) is 0 Å². The molecule has 1 aliphatic heterocycles. The van der Waals surface area contributed by atoms with Crippen LogP contribution in [0.3, 0.4) is 0 Å². The number of amides is 1. The van der Waals surface area contributed by atoms with E-state index in [1.807, 2.05) is 0 Å². The molecule has 0 radical (unpaired) electrons. The molecule has 3 unspecified atom stereocenters. The lowest BCUT2D eigenvalue weighted by Crippen LogP contribution is -2.47. The summed E-state index contributed by atoms with van der Waals surface area (Å²) >= 11 is 0. The maximum absolute atomic E-state index is 12.3. The number of carboxylic acids is 1. The standard InChI is InChI=1S/C12H23N3O5S/c1-8(9(2)12(17)18)11(16)15-5-3-4-10(7-15)6-14-21(13,19)20/h8-10,14H,3-7H2,1-2H3,(H,17,18)(H2,13,19,20). The van der Waals surface area contributed by atoms with E-state index in [-0.39, 0.29) is 18.4 Å². The van der Waals surface area contributed by atoms with E-state index in [9.17, 15) is 18.0 Å². The third-order valence-electron chi connectivity index (χ3n) is 3.93. The zero-order valence-corrected chi connectivity index (χ0v) is 13.1. The fraction of sp³-hybridized carbons (Fsp3) is 0.833. The van der Waals surface area contributed by atoms with Crippen molar-refractivity contribution < 1.29 is 23.1 Å². The van der Waals surface area contributed by atoms with Gasteiger partial charge >= 0.3 is 5.97 Å². The molecule has 8 nitrogen and oxygen atoms in total. The summed E-state index contributed by atoms with van der Waals surface area (Å²) in [6.45, 7) is 4.28. The van der Waals surface area contributed by atoms with E-state index in [1.54, 1.807) is 11.8 Å². The van der Waals surface area contributed by atoms with Gasteiger partial charge in [0.2, 0.25) is 5.91 Å². The minimum Gasteiger partial charge on any atom is -0.481 e. The lowest BCUT2D eigenvalue weighted by Gasteiger charge is -2.35. The Morgan fingerprint density at radius 1 is 1.38 bits per heavy atom. The topological polar surface area (TPSA) is 130 Å². The van der Waals surface area contributed by atoms with E-state index >= 15 is 0 Å². The van der Waals surface area contributed by atoms with E-state index in [1.165, 1.54) is 6.92 Å². The van der Waals surface area contributed by atoms with Gasteiger partial charge in [0.05, 0.1) is 5.92 Å². The number of hydrogen-bond donors (Lipinski definition) is 3. The molecule has 0 aromatic rings. The van der Waals surface area contributed by atoms with Gasteiger partial charge in [-0.1, -0.05) is 13.8 Å². The summed E-state index contributed by atoms with van der Waals surface area (Å²) in [5.74, 6) is -2.56. The number of nitrogens with one attached hydrogen (secondary N) is 1. The van der Waals surface area contributed by atoms with E-state index in [0.717, 1.165) is 12.8 Å². The summed E-state index contributed by atoms with van der Waals surface area (Å²) in [6.07, 6.45) is 1.56. The van der Waals surface area contributed by atoms with Crippen molar-refractivity contribution in [3.63, 3.8) is 0 Å². The van der Waals surface area contributed by atoms with Gasteiger partial charge in [-0.2, -0.15) is 8.42 Å². The first-order valence-electron chi connectivity index (χ1n) is 6.90. The van der Waals surface area contributed by atoms with Gasteiger partial charge in [0, 0.05) is 25.6 Å². The summed E-state index contributed by atoms with van der Waals surface area (Å²) < 4.78 is 24.0. The molecule has 1 saturated heterocycles. The van der Waals surface area contributed by atoms with Crippen LogP contribution in [0.5, 0.6) is 0 Å². The number of carbonyl (C=O) groups excluding carboxylic acids is 1. The first-order valence-corrected chi connectivity index (χ1v) is 8.45. The maximum atomic E-state index is 12.3. The van der Waals surface area contributed by atoms with Gasteiger partial charge in [0.25, 0.3) is 10.2 Å². The molecule has 3 atom stereocenters. The Labute approximate surface area is 124 Å². The van der Waals surface area contributed by atoms with Crippen LogP contribution in [-0.2, 0) is 19.8 Å². The number of piperidine rings is 1. The van der Waals surface area contributed by atoms with Gasteiger partial charge in [-0.15, -0.1) is 0 Å². The molecule has 9 heteroatoms. The number of nitrogens with two attached hydrogens (primary N) is 1. The largest absolute Gasteiger partial charge is 0.481 e. The molecule has 0 aromatic carbocycles. The Bertz CT molecular complexity index is 493. The molecule has 0 aromatic heterocycles. The monoisotopic (exact) mass is 321 g/mol. The van der Waals surface area contributed by atoms with Crippen LogP contribution < -0.4 is 9.86 Å². The van der Waals surface area contributed by atoms with Crippen molar-refractivity contribution in [2.75, 3.05) is 19.6 Å². The van der Waals surface area contributed by atoms with Gasteiger partial charge in [0.15, 0.2) is 0 Å². The number of carboxylic acid groups (broad SMARTS) is 1. The smallest absolute Gasteiger partial charge is 0.307 e. The zero-order valence-electron chi connectivity index (χ0n) is 12.3. The lowest BCUT2D eigenvalue weighted by molar-refractivity contribution is -0.149. The van der Waals surface area contributed by atoms with Crippen LogP contribution in [-0.4, -0.2) is 49.9 Å². The molecular formula is C12H23N3O5S. The summed E-state index contributed by atoms with van der Waals surface area (Å²) in [5, 5.41) is 13.8. The number of nitrogens with zero attached hydrogens (tertiary/aromatic N) is 1. The molecular weight excluding hydrogens is 298 g/mol. The first-order chi connectivity index (χ1) is 9.61. The Morgan fingerprint density at radius 2 is 2.00 bits per heavy atom. The molecule has 0 spiro atoms. The third-order valence-corrected chi connectivity index (χ3v) is 4.50. The molecule has 0 aliphatic carbocycles. The van der Waals surface area contributed by atoms with E-state index < -0.39 is 28.0 Å². The third kappa shape index (κ3) is 5.60. The predicted molar refractivity (Wildman–Crippen MR) is 76.4 cm³/mol. The number of likely N-dealkylation sites (tertiary alicyclic amines) is 1. The second-order valence-electron chi connectivity index (χ2n) is 5.60. The van der Waals surface area contributed by atoms with Crippen molar-refractivity contribution in [3.8, 4) is 0 Å². The van der Waals surface area contributed by atoms with Crippen LogP contribution in [0.25, 0.3) is 0 Å². The number of rotatable bonds is 6. The van der Waals surface area contributed by atoms with Gasteiger partial charge in [-0.25, -0.2) is 9.86 Å². The van der Waals surface area contributed by atoms with Gasteiger partial charge in [0.1, 0.15) is 0 Å². The fourth-order valence-corrected chi connectivity index (χ4v) is 2.85. The maximum Gasteiger partial charge on any atom is 0.307 e. The summed E-state index contributed by atoms with van der Waals surface area (Å²) in [5.41, 5.74) is 0. The summed E-state index contributed by atoms with van der Waals surface area (Å²) in [7, 11) is -3.73. The highest BCUT2D eigenvalue weighted by Gasteiger charge is 2.32. The molecule has 21 heavy (non-hydrogen) atoms.